The van der Waals surface area contributed by atoms with E-state index < -0.39 is 5.97 Å². The first-order valence-corrected chi connectivity index (χ1v) is 4.34. The van der Waals surface area contributed by atoms with Gasteiger partial charge in [0, 0.05) is 18.0 Å². The molecular formula is C11H10N2O2. The summed E-state index contributed by atoms with van der Waals surface area (Å²) in [6, 6.07) is 9.27. The van der Waals surface area contributed by atoms with E-state index in [4.69, 9.17) is 10.4 Å². The van der Waals surface area contributed by atoms with Crippen LogP contribution in [0, 0.1) is 11.3 Å². The van der Waals surface area contributed by atoms with E-state index in [9.17, 15) is 4.79 Å². The fraction of sp³-hybridized carbons (Fsp3) is 0.0909. The van der Waals surface area contributed by atoms with Crippen LogP contribution in [0.3, 0.4) is 0 Å². The molecule has 0 spiro atoms. The number of carboxylic acids is 1. The van der Waals surface area contributed by atoms with Gasteiger partial charge in [-0.3, -0.25) is 0 Å². The van der Waals surface area contributed by atoms with E-state index in [1.165, 1.54) is 6.20 Å². The third-order valence-electron chi connectivity index (χ3n) is 1.71. The van der Waals surface area contributed by atoms with E-state index in [0.29, 0.717) is 6.42 Å². The molecule has 0 saturated carbocycles. The molecule has 76 valence electrons. The van der Waals surface area contributed by atoms with Crippen LogP contribution in [0.5, 0.6) is 0 Å². The average Bonchev–Trinajstić information content (AvgIpc) is 2.20. The smallest absolute Gasteiger partial charge is 0.329 e. The predicted octanol–water partition coefficient (Wildman–Crippen LogP) is 1.76. The average molecular weight is 202 g/mol. The lowest BCUT2D eigenvalue weighted by Gasteiger charge is -2.00. The first kappa shape index (κ1) is 10.8. The Balaban J connectivity index is 2.57. The van der Waals surface area contributed by atoms with Crippen LogP contribution >= 0.6 is 0 Å². The molecular weight excluding hydrogens is 192 g/mol. The molecule has 0 aromatic heterocycles. The number of anilines is 1. The van der Waals surface area contributed by atoms with Gasteiger partial charge in [-0.25, -0.2) is 4.79 Å². The van der Waals surface area contributed by atoms with Crippen molar-refractivity contribution in [3.05, 3.63) is 42.1 Å². The van der Waals surface area contributed by atoms with Crippen LogP contribution in [0.4, 0.5) is 5.69 Å². The second-order valence-corrected chi connectivity index (χ2v) is 2.85. The van der Waals surface area contributed by atoms with Crippen molar-refractivity contribution in [3.63, 3.8) is 0 Å². The van der Waals surface area contributed by atoms with Crippen LogP contribution in [0.1, 0.15) is 5.56 Å². The second-order valence-electron chi connectivity index (χ2n) is 2.85. The van der Waals surface area contributed by atoms with Crippen molar-refractivity contribution in [1.29, 1.82) is 5.26 Å². The lowest BCUT2D eigenvalue weighted by Crippen LogP contribution is -1.92. The SMILES string of the molecule is N#CCc1ccc(N/C=C/C(=O)O)cc1. The molecule has 0 heterocycles. The van der Waals surface area contributed by atoms with Gasteiger partial charge in [-0.1, -0.05) is 12.1 Å². The minimum atomic E-state index is -0.997. The van der Waals surface area contributed by atoms with Crippen LogP contribution in [-0.2, 0) is 11.2 Å². The van der Waals surface area contributed by atoms with Crippen LogP contribution in [0.15, 0.2) is 36.5 Å². The fourth-order valence-corrected chi connectivity index (χ4v) is 1.02. The number of hydrogen-bond donors (Lipinski definition) is 2. The Hall–Kier alpha value is -2.28. The zero-order valence-corrected chi connectivity index (χ0v) is 7.97. The minimum Gasteiger partial charge on any atom is -0.478 e. The summed E-state index contributed by atoms with van der Waals surface area (Å²) in [6.45, 7) is 0. The molecule has 0 saturated heterocycles. The molecule has 1 aromatic carbocycles. The predicted molar refractivity (Wildman–Crippen MR) is 56.2 cm³/mol. The molecule has 0 aliphatic carbocycles. The first-order valence-electron chi connectivity index (χ1n) is 4.34. The molecule has 0 atom stereocenters. The van der Waals surface area contributed by atoms with Gasteiger partial charge in [0.25, 0.3) is 0 Å². The number of nitrogens with one attached hydrogen (secondary N) is 1. The molecule has 0 aliphatic rings. The van der Waals surface area contributed by atoms with Crippen molar-refractivity contribution in [2.75, 3.05) is 5.32 Å². The topological polar surface area (TPSA) is 73.1 Å². The van der Waals surface area contributed by atoms with Gasteiger partial charge in [0.1, 0.15) is 0 Å². The summed E-state index contributed by atoms with van der Waals surface area (Å²) < 4.78 is 0. The van der Waals surface area contributed by atoms with Gasteiger partial charge in [-0.05, 0) is 17.7 Å². The van der Waals surface area contributed by atoms with Gasteiger partial charge >= 0.3 is 5.97 Å². The summed E-state index contributed by atoms with van der Waals surface area (Å²) in [6.07, 6.45) is 2.75. The molecule has 0 fully saturated rings. The first-order chi connectivity index (χ1) is 7.22. The lowest BCUT2D eigenvalue weighted by molar-refractivity contribution is -0.131. The quantitative estimate of drug-likeness (QED) is 0.729. The summed E-state index contributed by atoms with van der Waals surface area (Å²) in [5.41, 5.74) is 1.72. The molecule has 0 bridgehead atoms. The van der Waals surface area contributed by atoms with E-state index in [1.54, 1.807) is 12.1 Å². The Kier molecular flexibility index (Phi) is 3.92. The molecule has 0 radical (unpaired) electrons. The highest BCUT2D eigenvalue weighted by atomic mass is 16.4. The van der Waals surface area contributed by atoms with Gasteiger partial charge in [0.15, 0.2) is 0 Å². The normalized spacial score (nSPS) is 9.80. The van der Waals surface area contributed by atoms with Crippen molar-refractivity contribution >= 4 is 11.7 Å². The Morgan fingerprint density at radius 1 is 1.47 bits per heavy atom. The molecule has 1 rings (SSSR count). The zero-order chi connectivity index (χ0) is 11.1. The van der Waals surface area contributed by atoms with Gasteiger partial charge in [-0.15, -0.1) is 0 Å². The molecule has 1 aromatic rings. The van der Waals surface area contributed by atoms with Crippen molar-refractivity contribution in [2.45, 2.75) is 6.42 Å². The highest BCUT2D eigenvalue weighted by Gasteiger charge is 1.92. The molecule has 2 N–H and O–H groups in total. The Labute approximate surface area is 87.5 Å². The number of nitriles is 1. The van der Waals surface area contributed by atoms with Crippen LogP contribution < -0.4 is 5.32 Å². The van der Waals surface area contributed by atoms with Gasteiger partial charge in [-0.2, -0.15) is 5.26 Å². The summed E-state index contributed by atoms with van der Waals surface area (Å²) in [5.74, 6) is -0.997. The molecule has 4 nitrogen and oxygen atoms in total. The van der Waals surface area contributed by atoms with Crippen molar-refractivity contribution < 1.29 is 9.90 Å². The van der Waals surface area contributed by atoms with E-state index in [1.807, 2.05) is 18.2 Å². The van der Waals surface area contributed by atoms with E-state index in [0.717, 1.165) is 17.3 Å². The van der Waals surface area contributed by atoms with E-state index in [2.05, 4.69) is 5.32 Å². The van der Waals surface area contributed by atoms with Crippen LogP contribution in [-0.4, -0.2) is 11.1 Å². The van der Waals surface area contributed by atoms with E-state index >= 15 is 0 Å². The largest absolute Gasteiger partial charge is 0.478 e. The number of aliphatic carboxylic acids is 1. The number of benzene rings is 1. The fourth-order valence-electron chi connectivity index (χ4n) is 1.02. The highest BCUT2D eigenvalue weighted by Crippen LogP contribution is 2.09. The molecule has 0 amide bonds. The van der Waals surface area contributed by atoms with Gasteiger partial charge in [0.05, 0.1) is 12.5 Å². The summed E-state index contributed by atoms with van der Waals surface area (Å²) in [4.78, 5) is 10.2. The summed E-state index contributed by atoms with van der Waals surface area (Å²) in [7, 11) is 0. The number of nitrogens with zero attached hydrogens (tertiary/aromatic N) is 1. The van der Waals surface area contributed by atoms with E-state index in [-0.39, 0.29) is 0 Å². The maximum atomic E-state index is 10.2. The maximum absolute atomic E-state index is 10.2. The Bertz CT molecular complexity index is 402. The second kappa shape index (κ2) is 5.45. The number of carboxylic acid groups (broad SMARTS) is 1. The third-order valence-corrected chi connectivity index (χ3v) is 1.71. The Morgan fingerprint density at radius 2 is 2.13 bits per heavy atom. The Morgan fingerprint density at radius 3 is 2.67 bits per heavy atom. The lowest BCUT2D eigenvalue weighted by atomic mass is 10.1. The van der Waals surface area contributed by atoms with Crippen molar-refractivity contribution in [1.82, 2.24) is 0 Å². The summed E-state index contributed by atoms with van der Waals surface area (Å²) in [5, 5.41) is 19.6. The number of rotatable bonds is 4. The molecule has 4 heteroatoms. The van der Waals surface area contributed by atoms with Crippen molar-refractivity contribution in [3.8, 4) is 6.07 Å². The van der Waals surface area contributed by atoms with Gasteiger partial charge < -0.3 is 10.4 Å². The number of hydrogen-bond acceptors (Lipinski definition) is 3. The minimum absolute atomic E-state index is 0.380. The number of carbonyl (C=O) groups is 1. The standard InChI is InChI=1S/C11H10N2O2/c12-7-5-9-1-3-10(4-2-9)13-8-6-11(14)15/h1-4,6,8,13H,5H2,(H,14,15)/b8-6+. The zero-order valence-electron chi connectivity index (χ0n) is 7.97. The van der Waals surface area contributed by atoms with Crippen molar-refractivity contribution in [2.24, 2.45) is 0 Å². The van der Waals surface area contributed by atoms with Crippen LogP contribution in [0.2, 0.25) is 0 Å². The van der Waals surface area contributed by atoms with Gasteiger partial charge in [0.2, 0.25) is 0 Å². The summed E-state index contributed by atoms with van der Waals surface area (Å²) >= 11 is 0. The molecule has 0 unspecified atom stereocenters. The maximum Gasteiger partial charge on any atom is 0.329 e. The monoisotopic (exact) mass is 202 g/mol. The molecule has 15 heavy (non-hydrogen) atoms. The highest BCUT2D eigenvalue weighted by molar-refractivity contribution is 5.80. The van der Waals surface area contributed by atoms with Crippen LogP contribution in [0.25, 0.3) is 0 Å². The third kappa shape index (κ3) is 3.96. The molecule has 0 aliphatic heterocycles.